The van der Waals surface area contributed by atoms with E-state index in [-0.39, 0.29) is 18.5 Å². The molecule has 140 valence electrons. The summed E-state index contributed by atoms with van der Waals surface area (Å²) in [4.78, 5) is 13.5. The van der Waals surface area contributed by atoms with Gasteiger partial charge >= 0.3 is 0 Å². The number of hydrogen-bond donors (Lipinski definition) is 1. The van der Waals surface area contributed by atoms with Gasteiger partial charge in [-0.15, -0.1) is 0 Å². The van der Waals surface area contributed by atoms with E-state index in [9.17, 15) is 4.79 Å². The smallest absolute Gasteiger partial charge is 0.193 e. The van der Waals surface area contributed by atoms with Crippen LogP contribution in [0, 0.1) is 0 Å². The van der Waals surface area contributed by atoms with Crippen molar-refractivity contribution in [2.75, 3.05) is 11.9 Å². The number of carbonyl (C=O) groups is 1. The molecule has 1 heterocycles. The maximum Gasteiger partial charge on any atom is 0.193 e. The Kier molecular flexibility index (Phi) is 5.47. The molecule has 0 amide bonds. The summed E-state index contributed by atoms with van der Waals surface area (Å²) in [5, 5.41) is 4.40. The normalized spacial score (nSPS) is 16.1. The summed E-state index contributed by atoms with van der Waals surface area (Å²) in [6.45, 7) is 0.279. The minimum atomic E-state index is -0.389. The van der Waals surface area contributed by atoms with Gasteiger partial charge in [-0.25, -0.2) is 0 Å². The van der Waals surface area contributed by atoms with Crippen LogP contribution in [0.4, 0.5) is 5.69 Å². The summed E-state index contributed by atoms with van der Waals surface area (Å²) >= 11 is 17.4. The molecule has 0 spiro atoms. The minimum absolute atomic E-state index is 0.0869. The zero-order chi connectivity index (χ0) is 19.7. The Morgan fingerprint density at radius 3 is 2.46 bits per heavy atom. The lowest BCUT2D eigenvalue weighted by molar-refractivity contribution is 0.103. The molecule has 0 aromatic heterocycles. The van der Waals surface area contributed by atoms with Crippen molar-refractivity contribution < 1.29 is 9.53 Å². The van der Waals surface area contributed by atoms with E-state index >= 15 is 0 Å². The van der Waals surface area contributed by atoms with Crippen molar-refractivity contribution in [2.24, 2.45) is 0 Å². The first-order valence-corrected chi connectivity index (χ1v) is 9.79. The van der Waals surface area contributed by atoms with Gasteiger partial charge in [-0.2, -0.15) is 0 Å². The van der Waals surface area contributed by atoms with Crippen LogP contribution in [0.1, 0.15) is 33.2 Å². The molecule has 0 fully saturated rings. The molecular weight excluding hydrogens is 413 g/mol. The van der Waals surface area contributed by atoms with Crippen LogP contribution in [0.2, 0.25) is 10.0 Å². The Morgan fingerprint density at radius 1 is 0.964 bits per heavy atom. The maximum absolute atomic E-state index is 12.9. The van der Waals surface area contributed by atoms with Crippen molar-refractivity contribution in [1.82, 2.24) is 0 Å². The van der Waals surface area contributed by atoms with Crippen LogP contribution < -0.4 is 5.32 Å². The van der Waals surface area contributed by atoms with Gasteiger partial charge in [0.05, 0.1) is 6.61 Å². The maximum atomic E-state index is 12.9. The number of ether oxygens (including phenoxy) is 1. The molecule has 1 aliphatic rings. The predicted octanol–water partition coefficient (Wildman–Crippen LogP) is 6.08. The second kappa shape index (κ2) is 8.02. The van der Waals surface area contributed by atoms with Crippen LogP contribution >= 0.6 is 35.4 Å². The molecule has 0 bridgehead atoms. The van der Waals surface area contributed by atoms with E-state index in [4.69, 9.17) is 40.2 Å². The van der Waals surface area contributed by atoms with E-state index < -0.39 is 0 Å². The SMILES string of the molecule is O=C(c1ccc(Cl)cc1)c1ccc2c(c1)C(c1cccc(Cl)c1)OCC(=S)N2. The Bertz CT molecular complexity index is 1070. The van der Waals surface area contributed by atoms with E-state index in [0.717, 1.165) is 16.8 Å². The van der Waals surface area contributed by atoms with Crippen molar-refractivity contribution in [3.63, 3.8) is 0 Å². The summed E-state index contributed by atoms with van der Waals surface area (Å²) in [6.07, 6.45) is -0.389. The number of hydrogen-bond acceptors (Lipinski definition) is 3. The number of ketones is 1. The fourth-order valence-electron chi connectivity index (χ4n) is 3.18. The highest BCUT2D eigenvalue weighted by Crippen LogP contribution is 2.35. The first kappa shape index (κ1) is 19.1. The molecule has 1 atom stereocenters. The van der Waals surface area contributed by atoms with E-state index in [0.29, 0.717) is 26.2 Å². The number of nitrogens with one attached hydrogen (secondary N) is 1. The number of thiocarbonyl (C=S) groups is 1. The highest BCUT2D eigenvalue weighted by molar-refractivity contribution is 7.80. The van der Waals surface area contributed by atoms with E-state index in [1.165, 1.54) is 0 Å². The lowest BCUT2D eigenvalue weighted by atomic mass is 9.95. The summed E-state index contributed by atoms with van der Waals surface area (Å²) < 4.78 is 6.05. The molecule has 0 saturated heterocycles. The van der Waals surface area contributed by atoms with Gasteiger partial charge in [0.2, 0.25) is 0 Å². The zero-order valence-corrected chi connectivity index (χ0v) is 16.9. The van der Waals surface area contributed by atoms with Gasteiger partial charge in [0.1, 0.15) is 11.1 Å². The molecular formula is C22H15Cl2NO2S. The predicted molar refractivity (Wildman–Crippen MR) is 117 cm³/mol. The average molecular weight is 428 g/mol. The molecule has 4 rings (SSSR count). The van der Waals surface area contributed by atoms with Crippen molar-refractivity contribution in [3.8, 4) is 0 Å². The van der Waals surface area contributed by atoms with Gasteiger partial charge in [-0.1, -0.05) is 47.6 Å². The Hall–Kier alpha value is -2.24. The third-order valence-corrected chi connectivity index (χ3v) is 5.22. The zero-order valence-electron chi connectivity index (χ0n) is 14.6. The van der Waals surface area contributed by atoms with Crippen LogP contribution in [0.3, 0.4) is 0 Å². The summed E-state index contributed by atoms with van der Waals surface area (Å²) in [7, 11) is 0. The third kappa shape index (κ3) is 3.96. The van der Waals surface area contributed by atoms with E-state index in [1.54, 1.807) is 30.3 Å². The average Bonchev–Trinajstić information content (AvgIpc) is 2.85. The summed E-state index contributed by atoms with van der Waals surface area (Å²) in [5.41, 5.74) is 3.69. The van der Waals surface area contributed by atoms with Gasteiger partial charge in [-0.3, -0.25) is 4.79 Å². The number of halogens is 2. The molecule has 3 aromatic carbocycles. The number of rotatable bonds is 3. The number of fused-ring (bicyclic) bond motifs is 1. The van der Waals surface area contributed by atoms with Crippen molar-refractivity contribution >= 4 is 51.9 Å². The van der Waals surface area contributed by atoms with Crippen LogP contribution in [0.5, 0.6) is 0 Å². The van der Waals surface area contributed by atoms with E-state index in [1.807, 2.05) is 36.4 Å². The van der Waals surface area contributed by atoms with Crippen LogP contribution in [0.15, 0.2) is 66.7 Å². The topological polar surface area (TPSA) is 38.3 Å². The van der Waals surface area contributed by atoms with E-state index in [2.05, 4.69) is 5.32 Å². The van der Waals surface area contributed by atoms with Crippen LogP contribution in [-0.4, -0.2) is 17.4 Å². The number of anilines is 1. The second-order valence-corrected chi connectivity index (χ2v) is 7.80. The number of benzene rings is 3. The lowest BCUT2D eigenvalue weighted by Crippen LogP contribution is -2.13. The molecule has 1 unspecified atom stereocenters. The molecule has 3 aromatic rings. The number of carbonyl (C=O) groups excluding carboxylic acids is 1. The quantitative estimate of drug-likeness (QED) is 0.405. The highest BCUT2D eigenvalue weighted by Gasteiger charge is 2.24. The van der Waals surface area contributed by atoms with Gasteiger partial charge in [0, 0.05) is 32.4 Å². The molecule has 1 N–H and O–H groups in total. The molecule has 0 aliphatic carbocycles. The monoisotopic (exact) mass is 427 g/mol. The van der Waals surface area contributed by atoms with Gasteiger partial charge < -0.3 is 10.1 Å². The van der Waals surface area contributed by atoms with Gasteiger partial charge in [-0.05, 0) is 60.2 Å². The highest BCUT2D eigenvalue weighted by atomic mass is 35.5. The molecule has 0 saturated carbocycles. The first-order chi connectivity index (χ1) is 13.5. The molecule has 1 aliphatic heterocycles. The summed E-state index contributed by atoms with van der Waals surface area (Å²) in [5.74, 6) is -0.0869. The van der Waals surface area contributed by atoms with Gasteiger partial charge in [0.15, 0.2) is 5.78 Å². The standard InChI is InChI=1S/C22H15Cl2NO2S/c23-16-7-4-13(5-8-16)21(26)14-6-9-19-18(11-14)22(27-12-20(28)25-19)15-2-1-3-17(24)10-15/h1-11,22H,12H2,(H,25,28). The van der Waals surface area contributed by atoms with Crippen molar-refractivity contribution in [1.29, 1.82) is 0 Å². The first-order valence-electron chi connectivity index (χ1n) is 8.62. The summed E-state index contributed by atoms with van der Waals surface area (Å²) in [6, 6.07) is 19.8. The Morgan fingerprint density at radius 2 is 1.71 bits per heavy atom. The van der Waals surface area contributed by atoms with Crippen LogP contribution in [0.25, 0.3) is 0 Å². The molecule has 0 radical (unpaired) electrons. The van der Waals surface area contributed by atoms with Crippen molar-refractivity contribution in [3.05, 3.63) is 99.0 Å². The fourth-order valence-corrected chi connectivity index (χ4v) is 3.69. The third-order valence-electron chi connectivity index (χ3n) is 4.51. The minimum Gasteiger partial charge on any atom is -0.362 e. The molecule has 3 nitrogen and oxygen atoms in total. The lowest BCUT2D eigenvalue weighted by Gasteiger charge is -2.19. The molecule has 28 heavy (non-hydrogen) atoms. The Labute approximate surface area is 178 Å². The molecule has 6 heteroatoms. The largest absolute Gasteiger partial charge is 0.362 e. The van der Waals surface area contributed by atoms with Crippen molar-refractivity contribution in [2.45, 2.75) is 6.10 Å². The van der Waals surface area contributed by atoms with Crippen LogP contribution in [-0.2, 0) is 4.74 Å². The second-order valence-electron chi connectivity index (χ2n) is 6.43. The fraction of sp³-hybridized carbons (Fsp3) is 0.0909. The Balaban J connectivity index is 1.78. The van der Waals surface area contributed by atoms with Gasteiger partial charge in [0.25, 0.3) is 0 Å².